The van der Waals surface area contributed by atoms with Crippen molar-refractivity contribution in [3.63, 3.8) is 0 Å². The third-order valence-corrected chi connectivity index (χ3v) is 2.74. The normalized spacial score (nSPS) is 22.0. The summed E-state index contributed by atoms with van der Waals surface area (Å²) in [5.74, 6) is -0.971. The second-order valence-electron chi connectivity index (χ2n) is 4.75. The first-order valence-corrected chi connectivity index (χ1v) is 5.43. The average Bonchev–Trinajstić information content (AvgIpc) is 2.57. The fourth-order valence-corrected chi connectivity index (χ4v) is 1.68. The van der Waals surface area contributed by atoms with Gasteiger partial charge in [-0.15, -0.1) is 0 Å². The lowest BCUT2D eigenvalue weighted by Gasteiger charge is -2.21. The zero-order chi connectivity index (χ0) is 12.5. The van der Waals surface area contributed by atoms with Gasteiger partial charge in [0.25, 0.3) is 0 Å². The van der Waals surface area contributed by atoms with Crippen LogP contribution in [-0.4, -0.2) is 24.6 Å². The van der Waals surface area contributed by atoms with E-state index in [0.29, 0.717) is 5.56 Å². The van der Waals surface area contributed by atoms with Crippen LogP contribution in [0.15, 0.2) is 30.3 Å². The van der Waals surface area contributed by atoms with Crippen molar-refractivity contribution in [1.29, 1.82) is 0 Å². The third kappa shape index (κ3) is 2.30. The summed E-state index contributed by atoms with van der Waals surface area (Å²) in [6, 6.07) is 8.60. The molecule has 0 amide bonds. The number of cyclic esters (lactones) is 1. The highest BCUT2D eigenvalue weighted by Crippen LogP contribution is 2.31. The zero-order valence-electron chi connectivity index (χ0n) is 9.80. The molecule has 1 heterocycles. The maximum absolute atomic E-state index is 11.8. The first-order valence-electron chi connectivity index (χ1n) is 5.43. The van der Waals surface area contributed by atoms with Crippen LogP contribution in [0.3, 0.4) is 0 Å². The van der Waals surface area contributed by atoms with Gasteiger partial charge in [0, 0.05) is 5.41 Å². The van der Waals surface area contributed by atoms with Crippen LogP contribution in [0.4, 0.5) is 0 Å². The fraction of sp³-hybridized carbons (Fsp3) is 0.385. The van der Waals surface area contributed by atoms with Gasteiger partial charge < -0.3 is 9.47 Å². The first-order chi connectivity index (χ1) is 8.00. The number of esters is 2. The highest BCUT2D eigenvalue weighted by molar-refractivity contribution is 5.91. The van der Waals surface area contributed by atoms with Crippen LogP contribution >= 0.6 is 0 Å². The molecule has 0 saturated carbocycles. The largest absolute Gasteiger partial charge is 0.462 e. The zero-order valence-corrected chi connectivity index (χ0v) is 9.80. The van der Waals surface area contributed by atoms with Crippen LogP contribution in [0, 0.1) is 5.41 Å². The summed E-state index contributed by atoms with van der Waals surface area (Å²) in [6.07, 6.45) is -0.824. The number of hydrogen-bond acceptors (Lipinski definition) is 4. The van der Waals surface area contributed by atoms with Crippen molar-refractivity contribution in [3.8, 4) is 0 Å². The molecular weight excluding hydrogens is 220 g/mol. The number of carbonyl (C=O) groups excluding carboxylic acids is 2. The topological polar surface area (TPSA) is 52.6 Å². The Morgan fingerprint density at radius 2 is 2.00 bits per heavy atom. The Labute approximate surface area is 99.5 Å². The minimum atomic E-state index is -0.824. The number of benzene rings is 1. The van der Waals surface area contributed by atoms with Crippen molar-refractivity contribution >= 4 is 11.9 Å². The van der Waals surface area contributed by atoms with Gasteiger partial charge >= 0.3 is 11.9 Å². The first kappa shape index (κ1) is 11.6. The van der Waals surface area contributed by atoms with Crippen molar-refractivity contribution in [2.45, 2.75) is 20.0 Å². The van der Waals surface area contributed by atoms with Gasteiger partial charge in [-0.3, -0.25) is 0 Å². The molecule has 0 aromatic heterocycles. The molecule has 1 aromatic rings. The Kier molecular flexibility index (Phi) is 2.88. The second kappa shape index (κ2) is 4.20. The van der Waals surface area contributed by atoms with Gasteiger partial charge in [0.1, 0.15) is 6.61 Å². The van der Waals surface area contributed by atoms with Crippen LogP contribution < -0.4 is 0 Å². The SMILES string of the molecule is CC1(C)COC(=O)[C@@H]1OC(=O)c1ccccc1. The highest BCUT2D eigenvalue weighted by Gasteiger charge is 2.46. The van der Waals surface area contributed by atoms with Gasteiger partial charge in [-0.05, 0) is 12.1 Å². The number of hydrogen-bond donors (Lipinski definition) is 0. The van der Waals surface area contributed by atoms with E-state index in [0.717, 1.165) is 0 Å². The molecule has 0 N–H and O–H groups in total. The number of ether oxygens (including phenoxy) is 2. The van der Waals surface area contributed by atoms with Gasteiger partial charge in [0.05, 0.1) is 5.56 Å². The predicted octanol–water partition coefficient (Wildman–Crippen LogP) is 1.79. The van der Waals surface area contributed by atoms with Crippen molar-refractivity contribution in [3.05, 3.63) is 35.9 Å². The summed E-state index contributed by atoms with van der Waals surface area (Å²) in [6.45, 7) is 3.94. The molecule has 4 heteroatoms. The molecule has 0 unspecified atom stereocenters. The van der Waals surface area contributed by atoms with E-state index in [4.69, 9.17) is 9.47 Å². The van der Waals surface area contributed by atoms with Gasteiger partial charge in [-0.2, -0.15) is 0 Å². The van der Waals surface area contributed by atoms with Gasteiger partial charge in [-0.1, -0.05) is 32.0 Å². The second-order valence-corrected chi connectivity index (χ2v) is 4.75. The molecule has 1 aromatic carbocycles. The summed E-state index contributed by atoms with van der Waals surface area (Å²) in [4.78, 5) is 23.3. The molecule has 1 aliphatic heterocycles. The molecule has 1 fully saturated rings. The Morgan fingerprint density at radius 3 is 2.53 bits per heavy atom. The molecule has 0 spiro atoms. The summed E-state index contributed by atoms with van der Waals surface area (Å²) < 4.78 is 10.1. The van der Waals surface area contributed by atoms with Crippen molar-refractivity contribution in [2.75, 3.05) is 6.61 Å². The van der Waals surface area contributed by atoms with E-state index in [2.05, 4.69) is 0 Å². The van der Waals surface area contributed by atoms with Gasteiger partial charge in [0.2, 0.25) is 6.10 Å². The van der Waals surface area contributed by atoms with E-state index < -0.39 is 23.5 Å². The van der Waals surface area contributed by atoms with Crippen molar-refractivity contribution < 1.29 is 19.1 Å². The molecule has 4 nitrogen and oxygen atoms in total. The molecule has 0 bridgehead atoms. The maximum atomic E-state index is 11.8. The van der Waals surface area contributed by atoms with Gasteiger partial charge in [-0.25, -0.2) is 9.59 Å². The van der Waals surface area contributed by atoms with E-state index in [-0.39, 0.29) is 6.61 Å². The Hall–Kier alpha value is -1.84. The highest BCUT2D eigenvalue weighted by atomic mass is 16.6. The average molecular weight is 234 g/mol. The van der Waals surface area contributed by atoms with Crippen LogP contribution in [-0.2, 0) is 14.3 Å². The molecule has 0 aliphatic carbocycles. The van der Waals surface area contributed by atoms with Gasteiger partial charge in [0.15, 0.2) is 0 Å². The Bertz CT molecular complexity index is 436. The standard InChI is InChI=1S/C13H14O4/c1-13(2)8-16-12(15)10(13)17-11(14)9-6-4-3-5-7-9/h3-7,10H,8H2,1-2H3/t10-/m0/s1. The van der Waals surface area contributed by atoms with Crippen LogP contribution in [0.25, 0.3) is 0 Å². The van der Waals surface area contributed by atoms with E-state index in [9.17, 15) is 9.59 Å². The Morgan fingerprint density at radius 1 is 1.35 bits per heavy atom. The Balaban J connectivity index is 2.12. The summed E-state index contributed by atoms with van der Waals surface area (Å²) in [7, 11) is 0. The lowest BCUT2D eigenvalue weighted by molar-refractivity contribution is -0.145. The molecule has 1 atom stereocenters. The number of rotatable bonds is 2. The molecule has 1 aliphatic rings. The quantitative estimate of drug-likeness (QED) is 0.732. The maximum Gasteiger partial charge on any atom is 0.348 e. The molecular formula is C13H14O4. The minimum Gasteiger partial charge on any atom is -0.462 e. The van der Waals surface area contributed by atoms with Crippen molar-refractivity contribution in [2.24, 2.45) is 5.41 Å². The van der Waals surface area contributed by atoms with Crippen LogP contribution in [0.2, 0.25) is 0 Å². The summed E-state index contributed by atoms with van der Waals surface area (Å²) >= 11 is 0. The minimum absolute atomic E-state index is 0.276. The molecule has 17 heavy (non-hydrogen) atoms. The smallest absolute Gasteiger partial charge is 0.348 e. The van der Waals surface area contributed by atoms with Crippen LogP contribution in [0.1, 0.15) is 24.2 Å². The molecule has 0 radical (unpaired) electrons. The predicted molar refractivity (Wildman–Crippen MR) is 60.4 cm³/mol. The summed E-state index contributed by atoms with van der Waals surface area (Å²) in [5, 5.41) is 0. The number of carbonyl (C=O) groups is 2. The third-order valence-electron chi connectivity index (χ3n) is 2.74. The van der Waals surface area contributed by atoms with Crippen LogP contribution in [0.5, 0.6) is 0 Å². The molecule has 2 rings (SSSR count). The lowest BCUT2D eigenvalue weighted by Crippen LogP contribution is -2.34. The molecule has 1 saturated heterocycles. The molecule has 90 valence electrons. The fourth-order valence-electron chi connectivity index (χ4n) is 1.68. The van der Waals surface area contributed by atoms with Crippen molar-refractivity contribution in [1.82, 2.24) is 0 Å². The van der Waals surface area contributed by atoms with E-state index in [1.54, 1.807) is 24.3 Å². The summed E-state index contributed by atoms with van der Waals surface area (Å²) in [5.41, 5.74) is -0.0374. The van der Waals surface area contributed by atoms with E-state index in [1.165, 1.54) is 0 Å². The van der Waals surface area contributed by atoms with E-state index >= 15 is 0 Å². The monoisotopic (exact) mass is 234 g/mol. The van der Waals surface area contributed by atoms with E-state index in [1.807, 2.05) is 19.9 Å². The lowest BCUT2D eigenvalue weighted by atomic mass is 9.90.